The molecule has 11 heteroatoms. The number of anilines is 1. The predicted octanol–water partition coefficient (Wildman–Crippen LogP) is 6.13. The number of halogens is 3. The molecule has 7 nitrogen and oxygen atoms in total. The molecule has 3 aromatic carbocycles. The Morgan fingerprint density at radius 1 is 0.974 bits per heavy atom. The lowest BCUT2D eigenvalue weighted by Crippen LogP contribution is -2.52. The van der Waals surface area contributed by atoms with Gasteiger partial charge in [0.05, 0.1) is 10.6 Å². The normalized spacial score (nSPS) is 12.9. The zero-order valence-electron chi connectivity index (χ0n) is 21.8. The molecule has 0 fully saturated rings. The van der Waals surface area contributed by atoms with Gasteiger partial charge in [0.25, 0.3) is 10.0 Å². The van der Waals surface area contributed by atoms with Crippen molar-refractivity contribution in [3.05, 3.63) is 92.0 Å². The van der Waals surface area contributed by atoms with Gasteiger partial charge in [0.1, 0.15) is 12.6 Å². The highest BCUT2D eigenvalue weighted by molar-refractivity contribution is 14.1. The number of amides is 2. The number of carbonyl (C=O) groups excluding carboxylic acids is 2. The van der Waals surface area contributed by atoms with Gasteiger partial charge < -0.3 is 10.2 Å². The van der Waals surface area contributed by atoms with E-state index in [4.69, 9.17) is 23.2 Å². The Balaban J connectivity index is 2.03. The molecule has 39 heavy (non-hydrogen) atoms. The van der Waals surface area contributed by atoms with E-state index in [0.717, 1.165) is 7.88 Å². The standard InChI is InChI=1S/C28H30Cl2IN3O4S/c1-4-19(2)32-28(36)20(3)33(17-21-10-11-22(29)16-26(21)30)27(35)18-34(24-14-12-23(31)13-15-24)39(37,38)25-8-6-5-7-9-25/h5-16,19-20H,4,17-18H2,1-3H3,(H,32,36)/t19-,20-/m1/s1. The molecule has 0 aliphatic rings. The minimum absolute atomic E-state index is 0.0180. The maximum atomic E-state index is 13.9. The Morgan fingerprint density at radius 3 is 2.21 bits per heavy atom. The van der Waals surface area contributed by atoms with Crippen LogP contribution in [0.15, 0.2) is 77.7 Å². The zero-order valence-corrected chi connectivity index (χ0v) is 26.3. The molecule has 0 radical (unpaired) electrons. The van der Waals surface area contributed by atoms with Crippen LogP contribution in [-0.2, 0) is 26.2 Å². The van der Waals surface area contributed by atoms with Gasteiger partial charge in [-0.15, -0.1) is 0 Å². The molecule has 0 aliphatic heterocycles. The van der Waals surface area contributed by atoms with Crippen LogP contribution in [0.3, 0.4) is 0 Å². The lowest BCUT2D eigenvalue weighted by molar-refractivity contribution is -0.139. The lowest BCUT2D eigenvalue weighted by atomic mass is 10.1. The largest absolute Gasteiger partial charge is 0.352 e. The van der Waals surface area contributed by atoms with Crippen molar-refractivity contribution in [2.24, 2.45) is 0 Å². The summed E-state index contributed by atoms with van der Waals surface area (Å²) >= 11 is 14.6. The van der Waals surface area contributed by atoms with Gasteiger partial charge >= 0.3 is 0 Å². The van der Waals surface area contributed by atoms with Gasteiger partial charge in [0.2, 0.25) is 11.8 Å². The second-order valence-electron chi connectivity index (χ2n) is 9.05. The lowest BCUT2D eigenvalue weighted by Gasteiger charge is -2.32. The third-order valence-electron chi connectivity index (χ3n) is 6.25. The summed E-state index contributed by atoms with van der Waals surface area (Å²) in [6.45, 7) is 4.89. The first-order chi connectivity index (χ1) is 18.4. The van der Waals surface area contributed by atoms with Gasteiger partial charge in [0.15, 0.2) is 0 Å². The average Bonchev–Trinajstić information content (AvgIpc) is 2.91. The minimum atomic E-state index is -4.11. The van der Waals surface area contributed by atoms with Gasteiger partial charge in [-0.25, -0.2) is 8.42 Å². The van der Waals surface area contributed by atoms with E-state index in [0.29, 0.717) is 27.7 Å². The Morgan fingerprint density at radius 2 is 1.62 bits per heavy atom. The molecule has 0 heterocycles. The van der Waals surface area contributed by atoms with E-state index in [1.165, 1.54) is 17.0 Å². The van der Waals surface area contributed by atoms with Crippen LogP contribution in [-0.4, -0.2) is 43.8 Å². The first kappa shape index (κ1) is 31.2. The summed E-state index contributed by atoms with van der Waals surface area (Å²) in [5.41, 5.74) is 0.901. The van der Waals surface area contributed by atoms with E-state index in [1.54, 1.807) is 67.6 Å². The van der Waals surface area contributed by atoms with E-state index in [1.807, 2.05) is 13.8 Å². The summed E-state index contributed by atoms with van der Waals surface area (Å²) in [5.74, 6) is -0.916. The fourth-order valence-corrected chi connectivity index (χ4v) is 6.00. The minimum Gasteiger partial charge on any atom is -0.352 e. The quantitative estimate of drug-likeness (QED) is 0.244. The molecule has 0 bridgehead atoms. The highest BCUT2D eigenvalue weighted by Gasteiger charge is 2.33. The van der Waals surface area contributed by atoms with E-state index in [2.05, 4.69) is 27.9 Å². The fourth-order valence-electron chi connectivity index (χ4n) is 3.74. The van der Waals surface area contributed by atoms with Crippen molar-refractivity contribution in [2.75, 3.05) is 10.8 Å². The molecule has 2 amide bonds. The number of hydrogen-bond donors (Lipinski definition) is 1. The second kappa shape index (κ2) is 13.8. The van der Waals surface area contributed by atoms with Crippen molar-refractivity contribution in [2.45, 2.75) is 50.7 Å². The Labute approximate surface area is 253 Å². The molecule has 0 aliphatic carbocycles. The van der Waals surface area contributed by atoms with Crippen LogP contribution < -0.4 is 9.62 Å². The van der Waals surface area contributed by atoms with Crippen molar-refractivity contribution in [1.29, 1.82) is 0 Å². The summed E-state index contributed by atoms with van der Waals surface area (Å²) < 4.78 is 29.5. The Bertz CT molecular complexity index is 1410. The molecule has 1 N–H and O–H groups in total. The van der Waals surface area contributed by atoms with Crippen LogP contribution in [0, 0.1) is 3.57 Å². The van der Waals surface area contributed by atoms with Crippen LogP contribution >= 0.6 is 45.8 Å². The first-order valence-corrected chi connectivity index (χ1v) is 15.6. The Kier molecular flexibility index (Phi) is 11.1. The number of hydrogen-bond acceptors (Lipinski definition) is 4. The number of nitrogens with one attached hydrogen (secondary N) is 1. The van der Waals surface area contributed by atoms with E-state index in [9.17, 15) is 18.0 Å². The summed E-state index contributed by atoms with van der Waals surface area (Å²) in [4.78, 5) is 28.4. The molecule has 3 rings (SSSR count). The highest BCUT2D eigenvalue weighted by Crippen LogP contribution is 2.27. The number of rotatable bonds is 11. The number of benzene rings is 3. The van der Waals surface area contributed by atoms with Crippen LogP contribution in [0.1, 0.15) is 32.8 Å². The van der Waals surface area contributed by atoms with E-state index in [-0.39, 0.29) is 23.4 Å². The van der Waals surface area contributed by atoms with Crippen molar-refractivity contribution in [3.8, 4) is 0 Å². The second-order valence-corrected chi connectivity index (χ2v) is 13.0. The smallest absolute Gasteiger partial charge is 0.264 e. The summed E-state index contributed by atoms with van der Waals surface area (Å²) in [6.07, 6.45) is 0.714. The summed E-state index contributed by atoms with van der Waals surface area (Å²) in [5, 5.41) is 3.67. The third kappa shape index (κ3) is 8.09. The van der Waals surface area contributed by atoms with Crippen molar-refractivity contribution in [1.82, 2.24) is 10.2 Å². The van der Waals surface area contributed by atoms with Gasteiger partial charge in [0, 0.05) is 26.2 Å². The van der Waals surface area contributed by atoms with Crippen molar-refractivity contribution >= 4 is 73.3 Å². The molecule has 3 aromatic rings. The molecule has 0 saturated carbocycles. The molecule has 2 atom stereocenters. The molecular weight excluding hydrogens is 672 g/mol. The van der Waals surface area contributed by atoms with E-state index >= 15 is 0 Å². The zero-order chi connectivity index (χ0) is 28.7. The SMILES string of the molecule is CC[C@@H](C)NC(=O)[C@@H](C)N(Cc1ccc(Cl)cc1Cl)C(=O)CN(c1ccc(I)cc1)S(=O)(=O)c1ccccc1. The third-order valence-corrected chi connectivity index (χ3v) is 9.34. The van der Waals surface area contributed by atoms with Crippen LogP contribution in [0.4, 0.5) is 5.69 Å². The van der Waals surface area contributed by atoms with Crippen LogP contribution in [0.5, 0.6) is 0 Å². The molecule has 0 unspecified atom stereocenters. The maximum Gasteiger partial charge on any atom is 0.264 e. The number of carbonyl (C=O) groups is 2. The van der Waals surface area contributed by atoms with Crippen molar-refractivity contribution < 1.29 is 18.0 Å². The van der Waals surface area contributed by atoms with Gasteiger partial charge in [-0.05, 0) is 97.0 Å². The number of nitrogens with zero attached hydrogens (tertiary/aromatic N) is 2. The predicted molar refractivity (Wildman–Crippen MR) is 165 cm³/mol. The fraction of sp³-hybridized carbons (Fsp3) is 0.286. The molecule has 0 aromatic heterocycles. The summed E-state index contributed by atoms with van der Waals surface area (Å²) in [7, 11) is -4.11. The van der Waals surface area contributed by atoms with Gasteiger partial charge in [-0.3, -0.25) is 13.9 Å². The molecular formula is C28H30Cl2IN3O4S. The van der Waals surface area contributed by atoms with Crippen LogP contribution in [0.25, 0.3) is 0 Å². The molecule has 208 valence electrons. The molecule has 0 saturated heterocycles. The monoisotopic (exact) mass is 701 g/mol. The molecule has 0 spiro atoms. The van der Waals surface area contributed by atoms with Gasteiger partial charge in [-0.1, -0.05) is 54.4 Å². The Hall–Kier alpha value is -2.34. The first-order valence-electron chi connectivity index (χ1n) is 12.3. The maximum absolute atomic E-state index is 13.9. The highest BCUT2D eigenvalue weighted by atomic mass is 127. The topological polar surface area (TPSA) is 86.8 Å². The number of sulfonamides is 1. The van der Waals surface area contributed by atoms with Crippen molar-refractivity contribution in [3.63, 3.8) is 0 Å². The van der Waals surface area contributed by atoms with Gasteiger partial charge in [-0.2, -0.15) is 0 Å². The summed E-state index contributed by atoms with van der Waals surface area (Å²) in [6, 6.07) is 18.6. The van der Waals surface area contributed by atoms with Crippen LogP contribution in [0.2, 0.25) is 10.0 Å². The van der Waals surface area contributed by atoms with E-state index < -0.39 is 28.5 Å². The average molecular weight is 702 g/mol.